The van der Waals surface area contributed by atoms with Gasteiger partial charge in [-0.25, -0.2) is 0 Å². The number of halogens is 1. The first-order valence-electron chi connectivity index (χ1n) is 7.10. The summed E-state index contributed by atoms with van der Waals surface area (Å²) in [5.41, 5.74) is 1.14. The molecule has 0 bridgehead atoms. The van der Waals surface area contributed by atoms with E-state index in [4.69, 9.17) is 9.47 Å². The van der Waals surface area contributed by atoms with E-state index in [1.54, 1.807) is 0 Å². The molecule has 0 amide bonds. The molecule has 22 heavy (non-hydrogen) atoms. The third-order valence-corrected chi connectivity index (χ3v) is 2.91. The Labute approximate surface area is 138 Å². The SMILES string of the molecule is C=CCNCCOc1ccccc1OCc1ccccc1.Cl. The van der Waals surface area contributed by atoms with E-state index >= 15 is 0 Å². The molecule has 0 aliphatic rings. The van der Waals surface area contributed by atoms with Gasteiger partial charge in [0.25, 0.3) is 0 Å². The lowest BCUT2D eigenvalue weighted by atomic mass is 10.2. The molecule has 1 N–H and O–H groups in total. The number of nitrogens with one attached hydrogen (secondary N) is 1. The van der Waals surface area contributed by atoms with Crippen LogP contribution in [0.1, 0.15) is 5.56 Å². The van der Waals surface area contributed by atoms with Crippen LogP contribution < -0.4 is 14.8 Å². The summed E-state index contributed by atoms with van der Waals surface area (Å²) in [6.07, 6.45) is 1.83. The third kappa shape index (κ3) is 6.20. The first-order chi connectivity index (χ1) is 10.4. The van der Waals surface area contributed by atoms with Gasteiger partial charge in [-0.2, -0.15) is 0 Å². The Morgan fingerprint density at radius 2 is 1.55 bits per heavy atom. The van der Waals surface area contributed by atoms with Crippen LogP contribution >= 0.6 is 12.4 Å². The summed E-state index contributed by atoms with van der Waals surface area (Å²) < 4.78 is 11.6. The van der Waals surface area contributed by atoms with Crippen LogP contribution in [0.25, 0.3) is 0 Å². The fourth-order valence-corrected chi connectivity index (χ4v) is 1.86. The van der Waals surface area contributed by atoms with Gasteiger partial charge < -0.3 is 14.8 Å². The Morgan fingerprint density at radius 1 is 0.909 bits per heavy atom. The molecule has 3 nitrogen and oxygen atoms in total. The largest absolute Gasteiger partial charge is 0.488 e. The van der Waals surface area contributed by atoms with E-state index in [0.717, 1.165) is 30.2 Å². The predicted molar refractivity (Wildman–Crippen MR) is 93.0 cm³/mol. The number of hydrogen-bond acceptors (Lipinski definition) is 3. The highest BCUT2D eigenvalue weighted by molar-refractivity contribution is 5.85. The number of benzene rings is 2. The first-order valence-corrected chi connectivity index (χ1v) is 7.10. The second-order valence-electron chi connectivity index (χ2n) is 4.56. The van der Waals surface area contributed by atoms with E-state index in [-0.39, 0.29) is 12.4 Å². The summed E-state index contributed by atoms with van der Waals surface area (Å²) >= 11 is 0. The molecule has 4 heteroatoms. The van der Waals surface area contributed by atoms with Crippen LogP contribution in [0.15, 0.2) is 67.3 Å². The van der Waals surface area contributed by atoms with E-state index in [2.05, 4.69) is 11.9 Å². The van der Waals surface area contributed by atoms with Crippen molar-refractivity contribution >= 4 is 12.4 Å². The molecule has 2 rings (SSSR count). The normalized spacial score (nSPS) is 9.64. The Bertz CT molecular complexity index is 546. The van der Waals surface area contributed by atoms with Crippen molar-refractivity contribution in [3.8, 4) is 11.5 Å². The fraction of sp³-hybridized carbons (Fsp3) is 0.222. The molecule has 2 aromatic carbocycles. The molecule has 0 spiro atoms. The maximum atomic E-state index is 5.84. The number of hydrogen-bond donors (Lipinski definition) is 1. The van der Waals surface area contributed by atoms with Crippen molar-refractivity contribution in [3.63, 3.8) is 0 Å². The Kier molecular flexibility index (Phi) is 8.80. The van der Waals surface area contributed by atoms with E-state index in [0.29, 0.717) is 13.2 Å². The second-order valence-corrected chi connectivity index (χ2v) is 4.56. The number of para-hydroxylation sites is 2. The summed E-state index contributed by atoms with van der Waals surface area (Å²) in [4.78, 5) is 0. The molecule has 0 aromatic heterocycles. The highest BCUT2D eigenvalue weighted by Gasteiger charge is 2.04. The van der Waals surface area contributed by atoms with Gasteiger partial charge in [0.1, 0.15) is 13.2 Å². The van der Waals surface area contributed by atoms with E-state index in [1.807, 2.05) is 60.7 Å². The van der Waals surface area contributed by atoms with Crippen LogP contribution in [-0.4, -0.2) is 19.7 Å². The van der Waals surface area contributed by atoms with Gasteiger partial charge in [-0.3, -0.25) is 0 Å². The monoisotopic (exact) mass is 319 g/mol. The maximum Gasteiger partial charge on any atom is 0.161 e. The molecule has 0 atom stereocenters. The van der Waals surface area contributed by atoms with Crippen molar-refractivity contribution in [2.24, 2.45) is 0 Å². The molecule has 0 saturated carbocycles. The van der Waals surface area contributed by atoms with Crippen LogP contribution in [0.2, 0.25) is 0 Å². The van der Waals surface area contributed by atoms with Crippen LogP contribution in [0.5, 0.6) is 11.5 Å². The predicted octanol–water partition coefficient (Wildman–Crippen LogP) is 3.84. The summed E-state index contributed by atoms with van der Waals surface area (Å²) in [7, 11) is 0. The van der Waals surface area contributed by atoms with E-state index in [9.17, 15) is 0 Å². The minimum absolute atomic E-state index is 0. The zero-order valence-corrected chi connectivity index (χ0v) is 13.4. The maximum absolute atomic E-state index is 5.84. The van der Waals surface area contributed by atoms with E-state index in [1.165, 1.54) is 0 Å². The first kappa shape index (κ1) is 18.1. The third-order valence-electron chi connectivity index (χ3n) is 2.91. The lowest BCUT2D eigenvalue weighted by Crippen LogP contribution is -2.20. The van der Waals surface area contributed by atoms with Gasteiger partial charge in [0.2, 0.25) is 0 Å². The molecule has 0 fully saturated rings. The molecule has 0 radical (unpaired) electrons. The quantitative estimate of drug-likeness (QED) is 0.562. The standard InChI is InChI=1S/C18H21NO2.ClH/c1-2-12-19-13-14-20-17-10-6-7-11-18(17)21-15-16-8-4-3-5-9-16;/h2-11,19H,1,12-15H2;1H. The molecule has 2 aromatic rings. The Morgan fingerprint density at radius 3 is 2.23 bits per heavy atom. The lowest BCUT2D eigenvalue weighted by molar-refractivity contribution is 0.262. The highest BCUT2D eigenvalue weighted by atomic mass is 35.5. The smallest absolute Gasteiger partial charge is 0.161 e. The van der Waals surface area contributed by atoms with Crippen molar-refractivity contribution in [1.82, 2.24) is 5.32 Å². The molecule has 0 heterocycles. The topological polar surface area (TPSA) is 30.5 Å². The summed E-state index contributed by atoms with van der Waals surface area (Å²) in [6, 6.07) is 17.8. The lowest BCUT2D eigenvalue weighted by Gasteiger charge is -2.12. The van der Waals surface area contributed by atoms with Crippen LogP contribution in [0.4, 0.5) is 0 Å². The number of ether oxygens (including phenoxy) is 2. The van der Waals surface area contributed by atoms with Crippen molar-refractivity contribution in [2.75, 3.05) is 19.7 Å². The van der Waals surface area contributed by atoms with Crippen molar-refractivity contribution < 1.29 is 9.47 Å². The molecule has 0 aliphatic carbocycles. The summed E-state index contributed by atoms with van der Waals surface area (Å²) in [5.74, 6) is 1.54. The molecule has 118 valence electrons. The molecule has 0 saturated heterocycles. The molecule has 0 aliphatic heterocycles. The summed E-state index contributed by atoms with van der Waals surface area (Å²) in [6.45, 7) is 6.36. The Hall–Kier alpha value is -1.97. The highest BCUT2D eigenvalue weighted by Crippen LogP contribution is 2.27. The number of rotatable bonds is 9. The van der Waals surface area contributed by atoms with E-state index < -0.39 is 0 Å². The minimum Gasteiger partial charge on any atom is -0.488 e. The zero-order valence-electron chi connectivity index (χ0n) is 12.5. The van der Waals surface area contributed by atoms with Crippen LogP contribution in [-0.2, 0) is 6.61 Å². The summed E-state index contributed by atoms with van der Waals surface area (Å²) in [5, 5.41) is 3.20. The molecular formula is C18H22ClNO2. The van der Waals surface area contributed by atoms with Gasteiger partial charge in [-0.15, -0.1) is 19.0 Å². The second kappa shape index (κ2) is 10.7. The average molecular weight is 320 g/mol. The van der Waals surface area contributed by atoms with Crippen LogP contribution in [0, 0.1) is 0 Å². The Balaban J connectivity index is 0.00000242. The minimum atomic E-state index is 0. The fourth-order valence-electron chi connectivity index (χ4n) is 1.86. The van der Waals surface area contributed by atoms with Crippen molar-refractivity contribution in [2.45, 2.75) is 6.61 Å². The van der Waals surface area contributed by atoms with Gasteiger partial charge in [-0.05, 0) is 17.7 Å². The molecular weight excluding hydrogens is 298 g/mol. The van der Waals surface area contributed by atoms with Crippen molar-refractivity contribution in [1.29, 1.82) is 0 Å². The van der Waals surface area contributed by atoms with Gasteiger partial charge in [0.15, 0.2) is 11.5 Å². The van der Waals surface area contributed by atoms with Gasteiger partial charge in [-0.1, -0.05) is 48.5 Å². The molecule has 0 unspecified atom stereocenters. The average Bonchev–Trinajstić information content (AvgIpc) is 2.55. The van der Waals surface area contributed by atoms with Crippen LogP contribution in [0.3, 0.4) is 0 Å². The van der Waals surface area contributed by atoms with Gasteiger partial charge in [0, 0.05) is 13.1 Å². The van der Waals surface area contributed by atoms with Crippen molar-refractivity contribution in [3.05, 3.63) is 72.8 Å². The van der Waals surface area contributed by atoms with Gasteiger partial charge >= 0.3 is 0 Å². The zero-order chi connectivity index (χ0) is 14.8. The van der Waals surface area contributed by atoms with Gasteiger partial charge in [0.05, 0.1) is 0 Å².